The normalized spacial score (nSPS) is 29.9. The molecule has 0 heterocycles. The van der Waals surface area contributed by atoms with E-state index in [4.69, 9.17) is 0 Å². The Morgan fingerprint density at radius 1 is 0.882 bits per heavy atom. The number of carbonyl (C=O) groups excluding carboxylic acids is 1. The van der Waals surface area contributed by atoms with Gasteiger partial charge in [0.25, 0.3) is 0 Å². The Morgan fingerprint density at radius 3 is 2.06 bits per heavy atom. The first kappa shape index (κ1) is 14.0. The van der Waals surface area contributed by atoms with Gasteiger partial charge in [-0.1, -0.05) is 37.3 Å². The molecule has 1 heteroatoms. The number of carbonyl (C=O) groups is 1. The molecule has 1 aliphatic carbocycles. The van der Waals surface area contributed by atoms with Crippen molar-refractivity contribution in [2.45, 2.75) is 51.9 Å². The predicted molar refractivity (Wildman–Crippen MR) is 73.9 cm³/mol. The molecule has 0 fully saturated rings. The molecule has 0 aliphatic heterocycles. The van der Waals surface area contributed by atoms with Gasteiger partial charge in [-0.2, -0.15) is 0 Å². The molecule has 1 unspecified atom stereocenters. The Morgan fingerprint density at radius 2 is 1.41 bits per heavy atom. The van der Waals surface area contributed by atoms with E-state index < -0.39 is 0 Å². The maximum Gasteiger partial charge on any atom is 0.155 e. The Kier molecular flexibility index (Phi) is 7.37. The monoisotopic (exact) mass is 232 g/mol. The average Bonchev–Trinajstić information content (AvgIpc) is 2.30. The zero-order valence-electron chi connectivity index (χ0n) is 10.9. The van der Waals surface area contributed by atoms with E-state index in [1.165, 1.54) is 0 Å². The van der Waals surface area contributed by atoms with E-state index in [1.807, 2.05) is 6.08 Å². The Labute approximate surface area is 105 Å². The summed E-state index contributed by atoms with van der Waals surface area (Å²) in [5.41, 5.74) is 0. The summed E-state index contributed by atoms with van der Waals surface area (Å²) in [6, 6.07) is 0. The van der Waals surface area contributed by atoms with Gasteiger partial charge in [-0.15, -0.1) is 0 Å². The number of ketones is 1. The van der Waals surface area contributed by atoms with E-state index in [-0.39, 0.29) is 5.78 Å². The van der Waals surface area contributed by atoms with Crippen LogP contribution in [0.25, 0.3) is 0 Å². The van der Waals surface area contributed by atoms with Gasteiger partial charge in [-0.25, -0.2) is 0 Å². The van der Waals surface area contributed by atoms with Crippen molar-refractivity contribution >= 4 is 5.78 Å². The van der Waals surface area contributed by atoms with Crippen molar-refractivity contribution in [1.29, 1.82) is 0 Å². The van der Waals surface area contributed by atoms with Gasteiger partial charge in [0.05, 0.1) is 0 Å². The van der Waals surface area contributed by atoms with Crippen molar-refractivity contribution in [2.24, 2.45) is 5.92 Å². The fraction of sp³-hybridized carbons (Fsp3) is 0.562. The predicted octanol–water partition coefficient (Wildman–Crippen LogP) is 4.60. The lowest BCUT2D eigenvalue weighted by Crippen LogP contribution is -2.02. The second-order valence-electron chi connectivity index (χ2n) is 4.85. The molecule has 0 aromatic carbocycles. The van der Waals surface area contributed by atoms with E-state index in [9.17, 15) is 4.79 Å². The highest BCUT2D eigenvalue weighted by Gasteiger charge is 2.05. The summed E-state index contributed by atoms with van der Waals surface area (Å²) in [6.07, 6.45) is 19.9. The third kappa shape index (κ3) is 7.73. The van der Waals surface area contributed by atoms with Crippen LogP contribution in [0.15, 0.2) is 36.5 Å². The number of allylic oxidation sites excluding steroid dienone is 6. The number of hydrogen-bond donors (Lipinski definition) is 0. The topological polar surface area (TPSA) is 17.1 Å². The lowest BCUT2D eigenvalue weighted by Gasteiger charge is -2.06. The second kappa shape index (κ2) is 8.98. The summed E-state index contributed by atoms with van der Waals surface area (Å²) >= 11 is 0. The maximum absolute atomic E-state index is 11.6. The summed E-state index contributed by atoms with van der Waals surface area (Å²) < 4.78 is 0. The van der Waals surface area contributed by atoms with Crippen LogP contribution in [0.3, 0.4) is 0 Å². The quantitative estimate of drug-likeness (QED) is 0.558. The van der Waals surface area contributed by atoms with Crippen LogP contribution in [0.2, 0.25) is 0 Å². The first-order chi connectivity index (χ1) is 8.29. The van der Waals surface area contributed by atoms with Crippen LogP contribution in [0.1, 0.15) is 51.9 Å². The Hall–Kier alpha value is -1.11. The van der Waals surface area contributed by atoms with Gasteiger partial charge < -0.3 is 0 Å². The molecule has 1 nitrogen and oxygen atoms in total. The molecule has 94 valence electrons. The largest absolute Gasteiger partial charge is 0.295 e. The van der Waals surface area contributed by atoms with Crippen LogP contribution < -0.4 is 0 Å². The molecule has 0 saturated carbocycles. The highest BCUT2D eigenvalue weighted by atomic mass is 16.1. The minimum Gasteiger partial charge on any atom is -0.295 e. The van der Waals surface area contributed by atoms with Crippen molar-refractivity contribution in [3.05, 3.63) is 36.5 Å². The van der Waals surface area contributed by atoms with Crippen LogP contribution in [0.5, 0.6) is 0 Å². The third-order valence-corrected chi connectivity index (χ3v) is 3.01. The average molecular weight is 232 g/mol. The van der Waals surface area contributed by atoms with E-state index in [0.29, 0.717) is 12.3 Å². The molecule has 1 atom stereocenters. The molecule has 0 radical (unpaired) electrons. The molecule has 0 aromatic rings. The van der Waals surface area contributed by atoms with Gasteiger partial charge >= 0.3 is 0 Å². The standard InChI is InChI=1S/C16H24O/c1-15-12-10-8-6-4-2-3-5-7-9-11-13-16(17)14-15/h3,5-6,8,11,13,15H,2,4,7,9-10,12,14H2,1H3/b5-3+,8-6-,13-11+. The van der Waals surface area contributed by atoms with E-state index in [1.54, 1.807) is 6.08 Å². The van der Waals surface area contributed by atoms with Gasteiger partial charge in [-0.3, -0.25) is 4.79 Å². The second-order valence-corrected chi connectivity index (χ2v) is 4.85. The van der Waals surface area contributed by atoms with Crippen molar-refractivity contribution in [2.75, 3.05) is 0 Å². The SMILES string of the molecule is CC1CC/C=C\CC/C=C/CC/C=C/C(=O)C1. The van der Waals surface area contributed by atoms with Gasteiger partial charge in [-0.05, 0) is 50.5 Å². The fourth-order valence-corrected chi connectivity index (χ4v) is 1.97. The first-order valence-corrected chi connectivity index (χ1v) is 6.78. The van der Waals surface area contributed by atoms with Crippen LogP contribution in [0, 0.1) is 5.92 Å². The highest BCUT2D eigenvalue weighted by Crippen LogP contribution is 2.12. The molecule has 0 spiro atoms. The highest BCUT2D eigenvalue weighted by molar-refractivity contribution is 5.89. The Bertz CT molecular complexity index is 297. The lowest BCUT2D eigenvalue weighted by molar-refractivity contribution is -0.115. The van der Waals surface area contributed by atoms with Crippen molar-refractivity contribution in [1.82, 2.24) is 0 Å². The zero-order valence-corrected chi connectivity index (χ0v) is 10.9. The summed E-state index contributed by atoms with van der Waals surface area (Å²) in [5, 5.41) is 0. The molecule has 0 aromatic heterocycles. The Balaban J connectivity index is 2.46. The summed E-state index contributed by atoms with van der Waals surface area (Å²) in [5.74, 6) is 0.778. The van der Waals surface area contributed by atoms with Gasteiger partial charge in [0.15, 0.2) is 5.78 Å². The van der Waals surface area contributed by atoms with Crippen molar-refractivity contribution < 1.29 is 4.79 Å². The number of rotatable bonds is 0. The van der Waals surface area contributed by atoms with Crippen LogP contribution in [-0.4, -0.2) is 5.78 Å². The van der Waals surface area contributed by atoms with Crippen LogP contribution in [-0.2, 0) is 4.79 Å². The molecule has 1 aliphatic rings. The molecule has 0 bridgehead atoms. The van der Waals surface area contributed by atoms with Gasteiger partial charge in [0.2, 0.25) is 0 Å². The molecule has 17 heavy (non-hydrogen) atoms. The molecule has 0 saturated heterocycles. The summed E-state index contributed by atoms with van der Waals surface area (Å²) in [6.45, 7) is 2.17. The molecule has 0 N–H and O–H groups in total. The number of hydrogen-bond acceptors (Lipinski definition) is 1. The van der Waals surface area contributed by atoms with Crippen LogP contribution >= 0.6 is 0 Å². The maximum atomic E-state index is 11.6. The molecular weight excluding hydrogens is 208 g/mol. The first-order valence-electron chi connectivity index (χ1n) is 6.78. The minimum absolute atomic E-state index is 0.278. The van der Waals surface area contributed by atoms with Crippen LogP contribution in [0.4, 0.5) is 0 Å². The summed E-state index contributed by atoms with van der Waals surface area (Å²) in [7, 11) is 0. The molecule has 0 amide bonds. The van der Waals surface area contributed by atoms with Gasteiger partial charge in [0, 0.05) is 6.42 Å². The van der Waals surface area contributed by atoms with E-state index in [0.717, 1.165) is 38.5 Å². The fourth-order valence-electron chi connectivity index (χ4n) is 1.97. The smallest absolute Gasteiger partial charge is 0.155 e. The third-order valence-electron chi connectivity index (χ3n) is 3.01. The van der Waals surface area contributed by atoms with Crippen molar-refractivity contribution in [3.8, 4) is 0 Å². The minimum atomic E-state index is 0.278. The van der Waals surface area contributed by atoms with E-state index in [2.05, 4.69) is 31.2 Å². The molecular formula is C16H24O. The van der Waals surface area contributed by atoms with Gasteiger partial charge in [0.1, 0.15) is 0 Å². The lowest BCUT2D eigenvalue weighted by atomic mass is 9.98. The summed E-state index contributed by atoms with van der Waals surface area (Å²) in [4.78, 5) is 11.6. The zero-order chi connectivity index (χ0) is 12.3. The van der Waals surface area contributed by atoms with E-state index >= 15 is 0 Å². The van der Waals surface area contributed by atoms with Crippen molar-refractivity contribution in [3.63, 3.8) is 0 Å². The molecule has 1 rings (SSSR count).